The standard InChI is InChI=1S/C23H29FN2O3/c1-28-22-7-6-17(14-21(22)24)23(27)18-4-2-10-26(15-18)19-8-11-25(12-9-19)16-20-5-3-13-29-20/h3,5-7,13-14,18-19H,2,4,8-12,15-16H2,1H3/t18-/m1/s1. The van der Waals surface area contributed by atoms with Gasteiger partial charge in [0.25, 0.3) is 0 Å². The number of carbonyl (C=O) groups is 1. The number of carbonyl (C=O) groups excluding carboxylic acids is 1. The van der Waals surface area contributed by atoms with E-state index in [0.717, 1.165) is 64.2 Å². The average molecular weight is 400 g/mol. The van der Waals surface area contributed by atoms with Gasteiger partial charge in [-0.2, -0.15) is 0 Å². The number of methoxy groups -OCH3 is 1. The summed E-state index contributed by atoms with van der Waals surface area (Å²) in [5.74, 6) is 0.700. The van der Waals surface area contributed by atoms with Crippen molar-refractivity contribution in [2.75, 3.05) is 33.3 Å². The third-order valence-electron chi connectivity index (χ3n) is 6.29. The highest BCUT2D eigenvalue weighted by Gasteiger charge is 2.32. The molecule has 29 heavy (non-hydrogen) atoms. The Labute approximate surface area is 171 Å². The molecule has 1 aromatic carbocycles. The van der Waals surface area contributed by atoms with Gasteiger partial charge in [-0.1, -0.05) is 0 Å². The first-order valence-electron chi connectivity index (χ1n) is 10.5. The van der Waals surface area contributed by atoms with Crippen molar-refractivity contribution < 1.29 is 18.3 Å². The number of benzene rings is 1. The molecule has 0 bridgehead atoms. The van der Waals surface area contributed by atoms with E-state index in [-0.39, 0.29) is 17.5 Å². The number of ketones is 1. The van der Waals surface area contributed by atoms with Gasteiger partial charge in [0.05, 0.1) is 19.9 Å². The molecule has 0 saturated carbocycles. The maximum absolute atomic E-state index is 14.0. The number of hydrogen-bond donors (Lipinski definition) is 0. The molecule has 2 aliphatic rings. The first-order valence-corrected chi connectivity index (χ1v) is 10.5. The van der Waals surface area contributed by atoms with Crippen LogP contribution in [-0.4, -0.2) is 54.9 Å². The molecule has 0 radical (unpaired) electrons. The number of hydrogen-bond acceptors (Lipinski definition) is 5. The number of rotatable bonds is 6. The van der Waals surface area contributed by atoms with Crippen LogP contribution in [0.4, 0.5) is 4.39 Å². The Hall–Kier alpha value is -2.18. The molecular weight excluding hydrogens is 371 g/mol. The number of nitrogens with zero attached hydrogens (tertiary/aromatic N) is 2. The van der Waals surface area contributed by atoms with Gasteiger partial charge in [0.2, 0.25) is 0 Å². The van der Waals surface area contributed by atoms with Crippen LogP contribution in [-0.2, 0) is 6.54 Å². The lowest BCUT2D eigenvalue weighted by molar-refractivity contribution is 0.0573. The van der Waals surface area contributed by atoms with Crippen LogP contribution in [0, 0.1) is 11.7 Å². The fourth-order valence-electron chi connectivity index (χ4n) is 4.67. The number of piperidine rings is 2. The molecule has 2 fully saturated rings. The number of Topliss-reactive ketones (excluding diaryl/α,β-unsaturated/α-hetero) is 1. The minimum Gasteiger partial charge on any atom is -0.494 e. The van der Waals surface area contributed by atoms with E-state index >= 15 is 0 Å². The fraction of sp³-hybridized carbons (Fsp3) is 0.522. The summed E-state index contributed by atoms with van der Waals surface area (Å²) in [6.45, 7) is 4.77. The summed E-state index contributed by atoms with van der Waals surface area (Å²) in [4.78, 5) is 17.9. The second-order valence-corrected chi connectivity index (χ2v) is 8.13. The molecular formula is C23H29FN2O3. The number of halogens is 1. The predicted molar refractivity (Wildman–Crippen MR) is 109 cm³/mol. The Bertz CT molecular complexity index is 816. The van der Waals surface area contributed by atoms with E-state index in [1.807, 2.05) is 12.1 Å². The van der Waals surface area contributed by atoms with Crippen LogP contribution in [0.5, 0.6) is 5.75 Å². The number of likely N-dealkylation sites (tertiary alicyclic amines) is 2. The molecule has 0 amide bonds. The van der Waals surface area contributed by atoms with Gasteiger partial charge in [-0.05, 0) is 62.6 Å². The monoisotopic (exact) mass is 400 g/mol. The van der Waals surface area contributed by atoms with E-state index in [9.17, 15) is 9.18 Å². The average Bonchev–Trinajstić information content (AvgIpc) is 3.27. The van der Waals surface area contributed by atoms with Crippen LogP contribution >= 0.6 is 0 Å². The zero-order chi connectivity index (χ0) is 20.2. The largest absolute Gasteiger partial charge is 0.494 e. The van der Waals surface area contributed by atoms with Gasteiger partial charge in [0.15, 0.2) is 17.3 Å². The highest BCUT2D eigenvalue weighted by molar-refractivity contribution is 5.98. The van der Waals surface area contributed by atoms with E-state index in [0.29, 0.717) is 11.6 Å². The molecule has 2 aliphatic heterocycles. The minimum atomic E-state index is -0.477. The van der Waals surface area contributed by atoms with Crippen LogP contribution < -0.4 is 4.74 Å². The van der Waals surface area contributed by atoms with Gasteiger partial charge in [-0.25, -0.2) is 4.39 Å². The van der Waals surface area contributed by atoms with Gasteiger partial charge in [-0.3, -0.25) is 14.6 Å². The Balaban J connectivity index is 1.32. The molecule has 2 saturated heterocycles. The smallest absolute Gasteiger partial charge is 0.167 e. The van der Waals surface area contributed by atoms with Crippen LogP contribution in [0.3, 0.4) is 0 Å². The molecule has 1 aromatic heterocycles. The van der Waals surface area contributed by atoms with E-state index in [2.05, 4.69) is 9.80 Å². The molecule has 0 N–H and O–H groups in total. The topological polar surface area (TPSA) is 45.9 Å². The third-order valence-corrected chi connectivity index (χ3v) is 6.29. The van der Waals surface area contributed by atoms with E-state index in [1.165, 1.54) is 19.2 Å². The summed E-state index contributed by atoms with van der Waals surface area (Å²) >= 11 is 0. The molecule has 5 nitrogen and oxygen atoms in total. The molecule has 2 aromatic rings. The van der Waals surface area contributed by atoms with Gasteiger partial charge in [0, 0.05) is 37.2 Å². The minimum absolute atomic E-state index is 0.0477. The highest BCUT2D eigenvalue weighted by Crippen LogP contribution is 2.28. The predicted octanol–water partition coefficient (Wildman–Crippen LogP) is 3.99. The Morgan fingerprint density at radius 2 is 2.03 bits per heavy atom. The van der Waals surface area contributed by atoms with Crippen molar-refractivity contribution in [1.82, 2.24) is 9.80 Å². The maximum Gasteiger partial charge on any atom is 0.167 e. The summed E-state index contributed by atoms with van der Waals surface area (Å²) in [5, 5.41) is 0. The first kappa shape index (κ1) is 20.1. The summed E-state index contributed by atoms with van der Waals surface area (Å²) < 4.78 is 24.4. The van der Waals surface area contributed by atoms with Crippen molar-refractivity contribution in [3.05, 3.63) is 53.7 Å². The number of furan rings is 1. The molecule has 0 unspecified atom stereocenters. The van der Waals surface area contributed by atoms with Crippen LogP contribution in [0.1, 0.15) is 41.8 Å². The Kier molecular flexibility index (Phi) is 6.31. The van der Waals surface area contributed by atoms with Crippen molar-refractivity contribution in [1.29, 1.82) is 0 Å². The lowest BCUT2D eigenvalue weighted by atomic mass is 9.88. The summed E-state index contributed by atoms with van der Waals surface area (Å²) in [6.07, 6.45) is 5.83. The van der Waals surface area contributed by atoms with E-state index in [1.54, 1.807) is 12.3 Å². The Morgan fingerprint density at radius 3 is 2.72 bits per heavy atom. The maximum atomic E-state index is 14.0. The van der Waals surface area contributed by atoms with Crippen LogP contribution in [0.2, 0.25) is 0 Å². The second kappa shape index (κ2) is 9.09. The highest BCUT2D eigenvalue weighted by atomic mass is 19.1. The normalized spacial score (nSPS) is 21.9. The first-order chi connectivity index (χ1) is 14.1. The van der Waals surface area contributed by atoms with Gasteiger partial charge in [0.1, 0.15) is 5.76 Å². The van der Waals surface area contributed by atoms with Crippen molar-refractivity contribution in [2.24, 2.45) is 5.92 Å². The van der Waals surface area contributed by atoms with E-state index in [4.69, 9.17) is 9.15 Å². The molecule has 0 aliphatic carbocycles. The summed E-state index contributed by atoms with van der Waals surface area (Å²) in [6, 6.07) is 9.00. The van der Waals surface area contributed by atoms with Crippen molar-refractivity contribution in [2.45, 2.75) is 38.3 Å². The van der Waals surface area contributed by atoms with Crippen molar-refractivity contribution in [3.8, 4) is 5.75 Å². The van der Waals surface area contributed by atoms with Crippen LogP contribution in [0.25, 0.3) is 0 Å². The quantitative estimate of drug-likeness (QED) is 0.686. The molecule has 4 rings (SSSR count). The molecule has 3 heterocycles. The lowest BCUT2D eigenvalue weighted by Gasteiger charge is -2.42. The molecule has 156 valence electrons. The van der Waals surface area contributed by atoms with Crippen molar-refractivity contribution >= 4 is 5.78 Å². The molecule has 6 heteroatoms. The van der Waals surface area contributed by atoms with E-state index < -0.39 is 5.82 Å². The Morgan fingerprint density at radius 1 is 1.21 bits per heavy atom. The fourth-order valence-corrected chi connectivity index (χ4v) is 4.67. The number of ether oxygens (including phenoxy) is 1. The van der Waals surface area contributed by atoms with Gasteiger partial charge < -0.3 is 9.15 Å². The SMILES string of the molecule is COc1ccc(C(=O)[C@@H]2CCCN(C3CCN(Cc4ccco4)CC3)C2)cc1F. The zero-order valence-electron chi connectivity index (χ0n) is 17.0. The van der Waals surface area contributed by atoms with Gasteiger partial charge >= 0.3 is 0 Å². The zero-order valence-corrected chi connectivity index (χ0v) is 17.0. The van der Waals surface area contributed by atoms with Crippen LogP contribution in [0.15, 0.2) is 41.0 Å². The van der Waals surface area contributed by atoms with Crippen molar-refractivity contribution in [3.63, 3.8) is 0 Å². The lowest BCUT2D eigenvalue weighted by Crippen LogP contribution is -2.49. The summed E-state index contributed by atoms with van der Waals surface area (Å²) in [7, 11) is 1.43. The molecule has 0 spiro atoms. The van der Waals surface area contributed by atoms with Gasteiger partial charge in [-0.15, -0.1) is 0 Å². The molecule has 1 atom stereocenters. The third kappa shape index (κ3) is 4.70. The second-order valence-electron chi connectivity index (χ2n) is 8.13. The summed E-state index contributed by atoms with van der Waals surface area (Å²) in [5.41, 5.74) is 0.448.